The standard InChI is InChI=1S/C29H34N6O4/c1-3-25(28-31-32-33-35(28)22-7-5-4-6-8-22)34(16-19-9-12-26-27(13-19)39-18-38-26)17-21-14-20-15-23(37-2)10-11-24(20)30-29(21)36/h9-15,22,25H,3-8,16-18H2,1-2H3,(H,30,36). The molecule has 4 aromatic rings. The molecule has 1 fully saturated rings. The maximum atomic E-state index is 13.2. The molecule has 6 rings (SSSR count). The van der Waals surface area contributed by atoms with Gasteiger partial charge in [-0.3, -0.25) is 9.69 Å². The van der Waals surface area contributed by atoms with E-state index < -0.39 is 0 Å². The Bertz CT molecular complexity index is 1510. The summed E-state index contributed by atoms with van der Waals surface area (Å²) in [6, 6.07) is 13.8. The second-order valence-electron chi connectivity index (χ2n) is 10.4. The van der Waals surface area contributed by atoms with Crippen LogP contribution in [0.1, 0.15) is 74.5 Å². The first-order valence-electron chi connectivity index (χ1n) is 13.7. The highest BCUT2D eigenvalue weighted by Gasteiger charge is 2.29. The Hall–Kier alpha value is -3.92. The molecular formula is C29H34N6O4. The number of pyridine rings is 1. The summed E-state index contributed by atoms with van der Waals surface area (Å²) in [5, 5.41) is 14.0. The molecule has 1 unspecified atom stereocenters. The summed E-state index contributed by atoms with van der Waals surface area (Å²) in [5.74, 6) is 3.08. The molecule has 0 bridgehead atoms. The number of methoxy groups -OCH3 is 1. The normalized spacial score (nSPS) is 16.2. The largest absolute Gasteiger partial charge is 0.497 e. The zero-order chi connectivity index (χ0) is 26.8. The number of aromatic nitrogens is 5. The minimum Gasteiger partial charge on any atom is -0.497 e. The van der Waals surface area contributed by atoms with Crippen molar-refractivity contribution in [3.63, 3.8) is 0 Å². The number of nitrogens with zero attached hydrogens (tertiary/aromatic N) is 5. The number of tetrazole rings is 1. The van der Waals surface area contributed by atoms with E-state index in [1.54, 1.807) is 7.11 Å². The first-order valence-corrected chi connectivity index (χ1v) is 13.7. The summed E-state index contributed by atoms with van der Waals surface area (Å²) in [5.41, 5.74) is 2.41. The summed E-state index contributed by atoms with van der Waals surface area (Å²) in [4.78, 5) is 18.6. The Morgan fingerprint density at radius 3 is 2.74 bits per heavy atom. The fourth-order valence-corrected chi connectivity index (χ4v) is 5.85. The van der Waals surface area contributed by atoms with Crippen LogP contribution >= 0.6 is 0 Å². The molecular weight excluding hydrogens is 496 g/mol. The van der Waals surface area contributed by atoms with Gasteiger partial charge in [0.2, 0.25) is 6.79 Å². The Morgan fingerprint density at radius 2 is 1.92 bits per heavy atom. The maximum absolute atomic E-state index is 13.2. The van der Waals surface area contributed by atoms with Gasteiger partial charge in [-0.2, -0.15) is 0 Å². The molecule has 0 spiro atoms. The van der Waals surface area contributed by atoms with Crippen LogP contribution in [-0.4, -0.2) is 44.0 Å². The molecule has 1 N–H and O–H groups in total. The van der Waals surface area contributed by atoms with E-state index in [1.165, 1.54) is 19.3 Å². The van der Waals surface area contributed by atoms with Crippen LogP contribution in [0.15, 0.2) is 47.3 Å². The summed E-state index contributed by atoms with van der Waals surface area (Å²) < 4.78 is 18.6. The van der Waals surface area contributed by atoms with E-state index in [0.29, 0.717) is 24.7 Å². The minimum atomic E-state index is -0.106. The summed E-state index contributed by atoms with van der Waals surface area (Å²) >= 11 is 0. The van der Waals surface area contributed by atoms with Crippen molar-refractivity contribution in [3.8, 4) is 17.2 Å². The van der Waals surface area contributed by atoms with Crippen molar-refractivity contribution in [3.05, 3.63) is 69.8 Å². The monoisotopic (exact) mass is 530 g/mol. The number of benzene rings is 2. The molecule has 39 heavy (non-hydrogen) atoms. The molecule has 2 aromatic heterocycles. The second-order valence-corrected chi connectivity index (χ2v) is 10.4. The van der Waals surface area contributed by atoms with Crippen LogP contribution in [0.5, 0.6) is 17.2 Å². The molecule has 1 atom stereocenters. The highest BCUT2D eigenvalue weighted by Crippen LogP contribution is 2.36. The number of fused-ring (bicyclic) bond motifs is 2. The minimum absolute atomic E-state index is 0.0900. The Morgan fingerprint density at radius 1 is 1.08 bits per heavy atom. The molecule has 204 valence electrons. The van der Waals surface area contributed by atoms with E-state index in [-0.39, 0.29) is 18.4 Å². The van der Waals surface area contributed by atoms with Gasteiger partial charge in [0.25, 0.3) is 5.56 Å². The van der Waals surface area contributed by atoms with Crippen molar-refractivity contribution in [2.24, 2.45) is 0 Å². The average molecular weight is 531 g/mol. The van der Waals surface area contributed by atoms with E-state index in [1.807, 2.05) is 47.1 Å². The Labute approximate surface area is 226 Å². The molecule has 1 aliphatic heterocycles. The number of rotatable bonds is 9. The lowest BCUT2D eigenvalue weighted by Gasteiger charge is -2.32. The fraction of sp³-hybridized carbons (Fsp3) is 0.448. The average Bonchev–Trinajstić information content (AvgIpc) is 3.64. The summed E-state index contributed by atoms with van der Waals surface area (Å²) in [6.07, 6.45) is 6.61. The van der Waals surface area contributed by atoms with Gasteiger partial charge in [0.15, 0.2) is 17.3 Å². The van der Waals surface area contributed by atoms with Gasteiger partial charge in [-0.15, -0.1) is 5.10 Å². The van der Waals surface area contributed by atoms with Crippen molar-refractivity contribution < 1.29 is 14.2 Å². The zero-order valence-corrected chi connectivity index (χ0v) is 22.4. The van der Waals surface area contributed by atoms with E-state index in [0.717, 1.165) is 58.8 Å². The number of H-pyrrole nitrogens is 1. The van der Waals surface area contributed by atoms with E-state index >= 15 is 0 Å². The SMILES string of the molecule is CCC(c1nnnn1C1CCCCC1)N(Cc1ccc2c(c1)OCO2)Cc1cc2cc(OC)ccc2[nH]c1=O. The van der Waals surface area contributed by atoms with E-state index in [4.69, 9.17) is 14.2 Å². The van der Waals surface area contributed by atoms with E-state index in [2.05, 4.69) is 32.3 Å². The Kier molecular flexibility index (Phi) is 7.19. The third-order valence-electron chi connectivity index (χ3n) is 7.89. The van der Waals surface area contributed by atoms with Crippen molar-refractivity contribution >= 4 is 10.9 Å². The predicted molar refractivity (Wildman–Crippen MR) is 146 cm³/mol. The first kappa shape index (κ1) is 25.4. The van der Waals surface area contributed by atoms with Crippen LogP contribution in [0, 0.1) is 0 Å². The van der Waals surface area contributed by atoms with Crippen LogP contribution < -0.4 is 19.8 Å². The second kappa shape index (κ2) is 11.1. The molecule has 0 radical (unpaired) electrons. The number of ether oxygens (including phenoxy) is 3. The number of nitrogens with one attached hydrogen (secondary N) is 1. The van der Waals surface area contributed by atoms with Crippen molar-refractivity contribution in [2.75, 3.05) is 13.9 Å². The molecule has 3 heterocycles. The smallest absolute Gasteiger partial charge is 0.252 e. The number of aromatic amines is 1. The number of hydrogen-bond donors (Lipinski definition) is 1. The number of hydrogen-bond acceptors (Lipinski definition) is 8. The highest BCUT2D eigenvalue weighted by molar-refractivity contribution is 5.80. The van der Waals surface area contributed by atoms with Gasteiger partial charge in [0.1, 0.15) is 5.75 Å². The third kappa shape index (κ3) is 5.21. The topological polar surface area (TPSA) is 107 Å². The maximum Gasteiger partial charge on any atom is 0.252 e. The molecule has 1 saturated carbocycles. The molecule has 1 aliphatic carbocycles. The lowest BCUT2D eigenvalue weighted by Crippen LogP contribution is -2.33. The Balaban J connectivity index is 1.38. The van der Waals surface area contributed by atoms with Gasteiger partial charge in [-0.1, -0.05) is 32.3 Å². The molecule has 0 saturated heterocycles. The first-order chi connectivity index (χ1) is 19.1. The third-order valence-corrected chi connectivity index (χ3v) is 7.89. The van der Waals surface area contributed by atoms with Crippen LogP contribution in [0.25, 0.3) is 10.9 Å². The molecule has 2 aromatic carbocycles. The predicted octanol–water partition coefficient (Wildman–Crippen LogP) is 4.91. The highest BCUT2D eigenvalue weighted by atomic mass is 16.7. The van der Waals surface area contributed by atoms with E-state index in [9.17, 15) is 4.79 Å². The van der Waals surface area contributed by atoms with Gasteiger partial charge in [-0.25, -0.2) is 4.68 Å². The molecule has 0 amide bonds. The van der Waals surface area contributed by atoms with Gasteiger partial charge < -0.3 is 19.2 Å². The van der Waals surface area contributed by atoms with Crippen molar-refractivity contribution in [2.45, 2.75) is 70.6 Å². The lowest BCUT2D eigenvalue weighted by molar-refractivity contribution is 0.155. The van der Waals surface area contributed by atoms with Crippen LogP contribution in [0.2, 0.25) is 0 Å². The van der Waals surface area contributed by atoms with Crippen molar-refractivity contribution in [1.82, 2.24) is 30.1 Å². The molecule has 2 aliphatic rings. The van der Waals surface area contributed by atoms with Gasteiger partial charge >= 0.3 is 0 Å². The van der Waals surface area contributed by atoms with Crippen LogP contribution in [0.4, 0.5) is 0 Å². The quantitative estimate of drug-likeness (QED) is 0.325. The van der Waals surface area contributed by atoms with Crippen molar-refractivity contribution in [1.29, 1.82) is 0 Å². The van der Waals surface area contributed by atoms with Crippen LogP contribution in [-0.2, 0) is 13.1 Å². The lowest BCUT2D eigenvalue weighted by atomic mass is 9.95. The van der Waals surface area contributed by atoms with Crippen LogP contribution in [0.3, 0.4) is 0 Å². The molecule has 10 nitrogen and oxygen atoms in total. The zero-order valence-electron chi connectivity index (χ0n) is 22.4. The summed E-state index contributed by atoms with van der Waals surface area (Å²) in [6.45, 7) is 3.38. The van der Waals surface area contributed by atoms with Gasteiger partial charge in [0.05, 0.1) is 19.2 Å². The molecule has 10 heteroatoms. The fourth-order valence-electron chi connectivity index (χ4n) is 5.85. The summed E-state index contributed by atoms with van der Waals surface area (Å²) in [7, 11) is 1.64. The van der Waals surface area contributed by atoms with Gasteiger partial charge in [-0.05, 0) is 71.7 Å². The van der Waals surface area contributed by atoms with Gasteiger partial charge in [0, 0.05) is 29.6 Å².